The summed E-state index contributed by atoms with van der Waals surface area (Å²) in [6.07, 6.45) is 4.10. The molecule has 1 N–H and O–H groups in total. The Labute approximate surface area is 88.1 Å². The van der Waals surface area contributed by atoms with E-state index in [0.717, 1.165) is 18.1 Å². The average Bonchev–Trinajstić information content (AvgIpc) is 2.78. The Hall–Kier alpha value is -0.970. The van der Waals surface area contributed by atoms with E-state index in [1.54, 1.807) is 12.4 Å². The van der Waals surface area contributed by atoms with Crippen LogP contribution in [0.3, 0.4) is 0 Å². The number of nitrogens with one attached hydrogen (secondary N) is 1. The monoisotopic (exact) mass is 211 g/mol. The summed E-state index contributed by atoms with van der Waals surface area (Å²) < 4.78 is 0. The van der Waals surface area contributed by atoms with Crippen LogP contribution in [0.2, 0.25) is 0 Å². The molecule has 2 heterocycles. The summed E-state index contributed by atoms with van der Waals surface area (Å²) >= 11 is 4.21. The van der Waals surface area contributed by atoms with Crippen molar-refractivity contribution in [2.75, 3.05) is 12.3 Å². The number of H-pyrrole nitrogens is 1. The van der Waals surface area contributed by atoms with Crippen molar-refractivity contribution in [2.24, 2.45) is 5.92 Å². The first-order chi connectivity index (χ1) is 6.79. The summed E-state index contributed by atoms with van der Waals surface area (Å²) in [6, 6.07) is 0. The third-order valence-electron chi connectivity index (χ3n) is 2.45. The molecular formula is C9H13N3OS. The highest BCUT2D eigenvalue weighted by molar-refractivity contribution is 7.80. The molecule has 14 heavy (non-hydrogen) atoms. The normalized spacial score (nSPS) is 21.9. The summed E-state index contributed by atoms with van der Waals surface area (Å²) in [7, 11) is 0. The van der Waals surface area contributed by atoms with Crippen LogP contribution in [-0.2, 0) is 11.3 Å². The number of aromatic nitrogens is 2. The number of hydrogen-bond acceptors (Lipinski definition) is 3. The zero-order valence-electron chi connectivity index (χ0n) is 7.81. The summed E-state index contributed by atoms with van der Waals surface area (Å²) in [5.41, 5.74) is 0. The van der Waals surface area contributed by atoms with Crippen LogP contribution < -0.4 is 0 Å². The number of carbonyl (C=O) groups excluding carboxylic acids is 1. The van der Waals surface area contributed by atoms with Crippen LogP contribution in [0.25, 0.3) is 0 Å². The molecule has 1 aliphatic heterocycles. The minimum atomic E-state index is 0.209. The number of thiol groups is 1. The van der Waals surface area contributed by atoms with Gasteiger partial charge in [0.25, 0.3) is 0 Å². The number of hydrogen-bond donors (Lipinski definition) is 2. The third kappa shape index (κ3) is 1.92. The van der Waals surface area contributed by atoms with Gasteiger partial charge in [0.05, 0.1) is 6.54 Å². The highest BCUT2D eigenvalue weighted by Gasteiger charge is 2.28. The molecule has 1 atom stereocenters. The lowest BCUT2D eigenvalue weighted by molar-refractivity contribution is -0.128. The van der Waals surface area contributed by atoms with E-state index in [1.165, 1.54) is 0 Å². The molecule has 1 saturated heterocycles. The first kappa shape index (κ1) is 9.58. The van der Waals surface area contributed by atoms with Crippen molar-refractivity contribution in [3.63, 3.8) is 0 Å². The maximum absolute atomic E-state index is 11.5. The Bertz CT molecular complexity index is 312. The maximum Gasteiger partial charge on any atom is 0.223 e. The molecule has 0 bridgehead atoms. The Kier molecular flexibility index (Phi) is 2.77. The molecule has 2 rings (SSSR count). The van der Waals surface area contributed by atoms with E-state index in [0.29, 0.717) is 18.9 Å². The third-order valence-corrected chi connectivity index (χ3v) is 2.96. The quantitative estimate of drug-likeness (QED) is 0.723. The predicted molar refractivity (Wildman–Crippen MR) is 56.0 cm³/mol. The largest absolute Gasteiger partial charge is 0.347 e. The lowest BCUT2D eigenvalue weighted by Crippen LogP contribution is -2.25. The second-order valence-electron chi connectivity index (χ2n) is 3.56. The molecule has 1 aromatic rings. The molecular weight excluding hydrogens is 198 g/mol. The first-order valence-electron chi connectivity index (χ1n) is 4.66. The minimum Gasteiger partial charge on any atom is -0.347 e. The Morgan fingerprint density at radius 3 is 3.14 bits per heavy atom. The van der Waals surface area contributed by atoms with E-state index in [2.05, 4.69) is 22.6 Å². The van der Waals surface area contributed by atoms with E-state index in [4.69, 9.17) is 0 Å². The van der Waals surface area contributed by atoms with Gasteiger partial charge in [0.1, 0.15) is 5.82 Å². The second kappa shape index (κ2) is 4.04. The Morgan fingerprint density at radius 2 is 2.57 bits per heavy atom. The van der Waals surface area contributed by atoms with Crippen LogP contribution in [0.1, 0.15) is 12.2 Å². The number of imidazole rings is 1. The summed E-state index contributed by atoms with van der Waals surface area (Å²) in [5, 5.41) is 0. The number of amides is 1. The van der Waals surface area contributed by atoms with Crippen molar-refractivity contribution in [3.8, 4) is 0 Å². The van der Waals surface area contributed by atoms with Crippen LogP contribution in [-0.4, -0.2) is 33.1 Å². The van der Waals surface area contributed by atoms with Crippen LogP contribution in [0.5, 0.6) is 0 Å². The lowest BCUT2D eigenvalue weighted by atomic mass is 10.1. The van der Waals surface area contributed by atoms with Crippen LogP contribution >= 0.6 is 12.6 Å². The fraction of sp³-hybridized carbons (Fsp3) is 0.556. The molecule has 5 heteroatoms. The molecule has 0 aliphatic carbocycles. The summed E-state index contributed by atoms with van der Waals surface area (Å²) in [5.74, 6) is 2.24. The van der Waals surface area contributed by atoms with Gasteiger partial charge in [-0.25, -0.2) is 4.98 Å². The average molecular weight is 211 g/mol. The second-order valence-corrected chi connectivity index (χ2v) is 3.93. The molecule has 1 unspecified atom stereocenters. The van der Waals surface area contributed by atoms with Crippen molar-refractivity contribution in [3.05, 3.63) is 18.2 Å². The molecule has 0 saturated carbocycles. The van der Waals surface area contributed by atoms with E-state index in [1.807, 2.05) is 4.90 Å². The van der Waals surface area contributed by atoms with Gasteiger partial charge in [0.15, 0.2) is 0 Å². The number of likely N-dealkylation sites (tertiary alicyclic amines) is 1. The molecule has 1 aromatic heterocycles. The van der Waals surface area contributed by atoms with Crippen LogP contribution in [0, 0.1) is 5.92 Å². The molecule has 4 nitrogen and oxygen atoms in total. The maximum atomic E-state index is 11.5. The van der Waals surface area contributed by atoms with Crippen LogP contribution in [0.4, 0.5) is 0 Å². The molecule has 76 valence electrons. The van der Waals surface area contributed by atoms with Gasteiger partial charge in [-0.1, -0.05) is 0 Å². The summed E-state index contributed by atoms with van der Waals surface area (Å²) in [6.45, 7) is 1.40. The van der Waals surface area contributed by atoms with Gasteiger partial charge in [0.2, 0.25) is 5.91 Å². The fourth-order valence-corrected chi connectivity index (χ4v) is 1.94. The van der Waals surface area contributed by atoms with Crippen molar-refractivity contribution in [1.82, 2.24) is 14.9 Å². The standard InChI is InChI=1S/C9H13N3OS/c13-9-3-7(6-14)4-12(9)5-8-10-1-2-11-8/h1-2,7,14H,3-6H2,(H,10,11). The molecule has 0 spiro atoms. The van der Waals surface area contributed by atoms with E-state index in [-0.39, 0.29) is 5.91 Å². The topological polar surface area (TPSA) is 49.0 Å². The van der Waals surface area contributed by atoms with Crippen molar-refractivity contribution >= 4 is 18.5 Å². The predicted octanol–water partition coefficient (Wildman–Crippen LogP) is 0.688. The molecule has 1 amide bonds. The van der Waals surface area contributed by atoms with Crippen molar-refractivity contribution in [1.29, 1.82) is 0 Å². The minimum absolute atomic E-state index is 0.209. The van der Waals surface area contributed by atoms with Gasteiger partial charge in [-0.3, -0.25) is 4.79 Å². The van der Waals surface area contributed by atoms with E-state index < -0.39 is 0 Å². The van der Waals surface area contributed by atoms with Crippen LogP contribution in [0.15, 0.2) is 12.4 Å². The van der Waals surface area contributed by atoms with E-state index >= 15 is 0 Å². The smallest absolute Gasteiger partial charge is 0.223 e. The zero-order valence-corrected chi connectivity index (χ0v) is 8.70. The number of carbonyl (C=O) groups is 1. The highest BCUT2D eigenvalue weighted by atomic mass is 32.1. The van der Waals surface area contributed by atoms with Crippen molar-refractivity contribution < 1.29 is 4.79 Å². The molecule has 1 fully saturated rings. The lowest BCUT2D eigenvalue weighted by Gasteiger charge is -2.14. The van der Waals surface area contributed by atoms with Gasteiger partial charge in [-0.2, -0.15) is 12.6 Å². The molecule has 0 aromatic carbocycles. The Balaban J connectivity index is 1.96. The van der Waals surface area contributed by atoms with Gasteiger partial charge in [0, 0.05) is 25.4 Å². The van der Waals surface area contributed by atoms with Gasteiger partial charge in [-0.15, -0.1) is 0 Å². The summed E-state index contributed by atoms with van der Waals surface area (Å²) in [4.78, 5) is 20.4. The van der Waals surface area contributed by atoms with Crippen molar-refractivity contribution in [2.45, 2.75) is 13.0 Å². The molecule has 0 radical (unpaired) electrons. The molecule has 1 aliphatic rings. The SMILES string of the molecule is O=C1CC(CS)CN1Cc1ncc[nH]1. The number of rotatable bonds is 3. The number of aromatic amines is 1. The van der Waals surface area contributed by atoms with Gasteiger partial charge < -0.3 is 9.88 Å². The van der Waals surface area contributed by atoms with Gasteiger partial charge in [-0.05, 0) is 11.7 Å². The zero-order chi connectivity index (χ0) is 9.97. The van der Waals surface area contributed by atoms with E-state index in [9.17, 15) is 4.79 Å². The highest BCUT2D eigenvalue weighted by Crippen LogP contribution is 2.19. The first-order valence-corrected chi connectivity index (χ1v) is 5.29. The Morgan fingerprint density at radius 1 is 1.71 bits per heavy atom. The van der Waals surface area contributed by atoms with Gasteiger partial charge >= 0.3 is 0 Å². The fourth-order valence-electron chi connectivity index (χ4n) is 1.69. The number of nitrogens with zero attached hydrogens (tertiary/aromatic N) is 2.